The van der Waals surface area contributed by atoms with Gasteiger partial charge in [0.05, 0.1) is 0 Å². The zero-order valence-corrected chi connectivity index (χ0v) is 14.2. The van der Waals surface area contributed by atoms with E-state index in [1.54, 1.807) is 0 Å². The van der Waals surface area contributed by atoms with Crippen LogP contribution in [0.2, 0.25) is 0 Å². The lowest BCUT2D eigenvalue weighted by molar-refractivity contribution is 0.112. The van der Waals surface area contributed by atoms with Crippen LogP contribution in [0, 0.1) is 11.3 Å². The van der Waals surface area contributed by atoms with E-state index in [4.69, 9.17) is 5.73 Å². The lowest BCUT2D eigenvalue weighted by Gasteiger charge is -2.39. The summed E-state index contributed by atoms with van der Waals surface area (Å²) >= 11 is 0. The second-order valence-corrected chi connectivity index (χ2v) is 7.95. The lowest BCUT2D eigenvalue weighted by atomic mass is 9.84. The molecule has 118 valence electrons. The van der Waals surface area contributed by atoms with Gasteiger partial charge in [0.25, 0.3) is 0 Å². The highest BCUT2D eigenvalue weighted by molar-refractivity contribution is 5.25. The minimum absolute atomic E-state index is 0.131. The van der Waals surface area contributed by atoms with Crippen LogP contribution >= 0.6 is 0 Å². The summed E-state index contributed by atoms with van der Waals surface area (Å²) in [5.74, 6) is 0.708. The summed E-state index contributed by atoms with van der Waals surface area (Å²) in [6, 6.07) is 9.06. The SMILES string of the molecule is CC(C)Cc1ccc(C(N)CN2CCCC(C)(C)C2)cc1. The molecular weight excluding hydrogens is 256 g/mol. The number of benzene rings is 1. The fourth-order valence-corrected chi connectivity index (χ4v) is 3.46. The van der Waals surface area contributed by atoms with Crippen molar-refractivity contribution in [3.05, 3.63) is 35.4 Å². The molecule has 2 rings (SSSR count). The summed E-state index contributed by atoms with van der Waals surface area (Å²) in [4.78, 5) is 2.54. The second-order valence-electron chi connectivity index (χ2n) is 7.95. The largest absolute Gasteiger partial charge is 0.323 e. The number of rotatable bonds is 5. The van der Waals surface area contributed by atoms with E-state index in [0.29, 0.717) is 11.3 Å². The molecule has 1 heterocycles. The van der Waals surface area contributed by atoms with Crippen molar-refractivity contribution < 1.29 is 0 Å². The molecule has 1 aromatic rings. The van der Waals surface area contributed by atoms with Gasteiger partial charge in [-0.05, 0) is 48.3 Å². The van der Waals surface area contributed by atoms with Crippen molar-refractivity contribution in [2.24, 2.45) is 17.1 Å². The molecule has 2 N–H and O–H groups in total. The Labute approximate surface area is 130 Å². The fraction of sp³-hybridized carbons (Fsp3) is 0.684. The molecule has 21 heavy (non-hydrogen) atoms. The molecule has 1 aliphatic rings. The molecule has 2 nitrogen and oxygen atoms in total. The van der Waals surface area contributed by atoms with Gasteiger partial charge in [0.2, 0.25) is 0 Å². The van der Waals surface area contributed by atoms with Gasteiger partial charge in [0.15, 0.2) is 0 Å². The van der Waals surface area contributed by atoms with Crippen molar-refractivity contribution >= 4 is 0 Å². The Morgan fingerprint density at radius 1 is 1.19 bits per heavy atom. The average Bonchev–Trinajstić information content (AvgIpc) is 2.37. The van der Waals surface area contributed by atoms with Crippen molar-refractivity contribution in [3.63, 3.8) is 0 Å². The third-order valence-corrected chi connectivity index (χ3v) is 4.49. The van der Waals surface area contributed by atoms with Crippen molar-refractivity contribution in [1.82, 2.24) is 4.90 Å². The van der Waals surface area contributed by atoms with Gasteiger partial charge in [-0.15, -0.1) is 0 Å². The van der Waals surface area contributed by atoms with E-state index in [-0.39, 0.29) is 6.04 Å². The van der Waals surface area contributed by atoms with Crippen LogP contribution < -0.4 is 5.73 Å². The highest BCUT2D eigenvalue weighted by Gasteiger charge is 2.27. The molecule has 0 aliphatic carbocycles. The number of hydrogen-bond donors (Lipinski definition) is 1. The molecule has 1 saturated heterocycles. The first-order chi connectivity index (χ1) is 9.85. The van der Waals surface area contributed by atoms with E-state index in [9.17, 15) is 0 Å². The van der Waals surface area contributed by atoms with Gasteiger partial charge in [-0.2, -0.15) is 0 Å². The summed E-state index contributed by atoms with van der Waals surface area (Å²) < 4.78 is 0. The third-order valence-electron chi connectivity index (χ3n) is 4.49. The molecule has 2 heteroatoms. The van der Waals surface area contributed by atoms with Gasteiger partial charge in [-0.3, -0.25) is 0 Å². The molecule has 1 unspecified atom stereocenters. The normalized spacial score (nSPS) is 20.7. The maximum atomic E-state index is 6.42. The molecular formula is C19H32N2. The van der Waals surface area contributed by atoms with Crippen LogP contribution in [0.25, 0.3) is 0 Å². The van der Waals surface area contributed by atoms with E-state index in [1.165, 1.54) is 37.1 Å². The van der Waals surface area contributed by atoms with Crippen molar-refractivity contribution in [1.29, 1.82) is 0 Å². The van der Waals surface area contributed by atoms with Crippen molar-refractivity contribution in [2.45, 2.75) is 53.0 Å². The van der Waals surface area contributed by atoms with Crippen LogP contribution in [0.5, 0.6) is 0 Å². The van der Waals surface area contributed by atoms with Crippen LogP contribution in [0.15, 0.2) is 24.3 Å². The molecule has 0 spiro atoms. The van der Waals surface area contributed by atoms with Gasteiger partial charge in [0.1, 0.15) is 0 Å². The Hall–Kier alpha value is -0.860. The minimum atomic E-state index is 0.131. The fourth-order valence-electron chi connectivity index (χ4n) is 3.46. The quantitative estimate of drug-likeness (QED) is 0.887. The van der Waals surface area contributed by atoms with Crippen LogP contribution in [0.3, 0.4) is 0 Å². The number of nitrogens with zero attached hydrogens (tertiary/aromatic N) is 1. The monoisotopic (exact) mass is 288 g/mol. The summed E-state index contributed by atoms with van der Waals surface area (Å²) in [5, 5.41) is 0. The molecule has 0 amide bonds. The van der Waals surface area contributed by atoms with E-state index in [0.717, 1.165) is 13.0 Å². The predicted octanol–water partition coefficient (Wildman–Crippen LogP) is 4.01. The van der Waals surface area contributed by atoms with Crippen LogP contribution in [0.1, 0.15) is 57.7 Å². The highest BCUT2D eigenvalue weighted by atomic mass is 15.1. The van der Waals surface area contributed by atoms with E-state index in [2.05, 4.69) is 56.9 Å². The highest BCUT2D eigenvalue weighted by Crippen LogP contribution is 2.29. The van der Waals surface area contributed by atoms with Gasteiger partial charge in [0, 0.05) is 19.1 Å². The van der Waals surface area contributed by atoms with Gasteiger partial charge in [-0.1, -0.05) is 52.0 Å². The Bertz CT molecular complexity index is 433. The molecule has 0 saturated carbocycles. The van der Waals surface area contributed by atoms with Crippen LogP contribution in [-0.4, -0.2) is 24.5 Å². The van der Waals surface area contributed by atoms with Gasteiger partial charge < -0.3 is 10.6 Å². The van der Waals surface area contributed by atoms with E-state index in [1.807, 2.05) is 0 Å². The first kappa shape index (κ1) is 16.5. The molecule has 1 aliphatic heterocycles. The molecule has 1 aromatic carbocycles. The first-order valence-corrected chi connectivity index (χ1v) is 8.42. The predicted molar refractivity (Wildman–Crippen MR) is 91.4 cm³/mol. The molecule has 0 radical (unpaired) electrons. The smallest absolute Gasteiger partial charge is 0.0424 e. The number of nitrogens with two attached hydrogens (primary N) is 1. The van der Waals surface area contributed by atoms with Gasteiger partial charge >= 0.3 is 0 Å². The molecule has 1 fully saturated rings. The molecule has 1 atom stereocenters. The number of piperidine rings is 1. The van der Waals surface area contributed by atoms with Crippen molar-refractivity contribution in [3.8, 4) is 0 Å². The number of likely N-dealkylation sites (tertiary alicyclic amines) is 1. The lowest BCUT2D eigenvalue weighted by Crippen LogP contribution is -2.43. The van der Waals surface area contributed by atoms with Crippen LogP contribution in [-0.2, 0) is 6.42 Å². The topological polar surface area (TPSA) is 29.3 Å². The molecule has 0 aromatic heterocycles. The third kappa shape index (κ3) is 5.12. The first-order valence-electron chi connectivity index (χ1n) is 8.42. The number of hydrogen-bond acceptors (Lipinski definition) is 2. The zero-order valence-electron chi connectivity index (χ0n) is 14.2. The van der Waals surface area contributed by atoms with E-state index >= 15 is 0 Å². The standard InChI is InChI=1S/C19H32N2/c1-15(2)12-16-6-8-17(9-7-16)18(20)13-21-11-5-10-19(3,4)14-21/h6-9,15,18H,5,10-14,20H2,1-4H3. The Kier molecular flexibility index (Phi) is 5.45. The Morgan fingerprint density at radius 3 is 2.43 bits per heavy atom. The Morgan fingerprint density at radius 2 is 1.86 bits per heavy atom. The molecule has 0 bridgehead atoms. The van der Waals surface area contributed by atoms with Gasteiger partial charge in [-0.25, -0.2) is 0 Å². The van der Waals surface area contributed by atoms with E-state index < -0.39 is 0 Å². The summed E-state index contributed by atoms with van der Waals surface area (Å²) in [5.41, 5.74) is 9.55. The summed E-state index contributed by atoms with van der Waals surface area (Å²) in [6.07, 6.45) is 3.78. The Balaban J connectivity index is 1.92. The zero-order chi connectivity index (χ0) is 15.5. The summed E-state index contributed by atoms with van der Waals surface area (Å²) in [7, 11) is 0. The van der Waals surface area contributed by atoms with Crippen LogP contribution in [0.4, 0.5) is 0 Å². The second kappa shape index (κ2) is 6.93. The summed E-state index contributed by atoms with van der Waals surface area (Å²) in [6.45, 7) is 12.6. The maximum absolute atomic E-state index is 6.42. The minimum Gasteiger partial charge on any atom is -0.323 e. The van der Waals surface area contributed by atoms with Crippen molar-refractivity contribution in [2.75, 3.05) is 19.6 Å². The average molecular weight is 288 g/mol. The maximum Gasteiger partial charge on any atom is 0.0424 e.